The van der Waals surface area contributed by atoms with E-state index in [0.717, 1.165) is 0 Å². The van der Waals surface area contributed by atoms with Gasteiger partial charge in [0.15, 0.2) is 11.9 Å². The Labute approximate surface area is 111 Å². The van der Waals surface area contributed by atoms with Crippen LogP contribution in [0.25, 0.3) is 0 Å². The number of aliphatic hydroxyl groups is 4. The summed E-state index contributed by atoms with van der Waals surface area (Å²) in [7, 11) is 0. The summed E-state index contributed by atoms with van der Waals surface area (Å²) >= 11 is 0. The summed E-state index contributed by atoms with van der Waals surface area (Å²) in [6.45, 7) is -0.671. The van der Waals surface area contributed by atoms with E-state index >= 15 is 0 Å². The predicted octanol–water partition coefficient (Wildman–Crippen LogP) is -4.24. The molecule has 17 heavy (non-hydrogen) atoms. The van der Waals surface area contributed by atoms with Crippen LogP contribution in [0.1, 0.15) is 0 Å². The Balaban J connectivity index is 0. The fraction of sp³-hybridized carbons (Fsp3) is 0.429. The molecule has 1 aliphatic rings. The molecule has 10 heteroatoms. The maximum atomic E-state index is 10.5. The molecule has 0 amide bonds. The van der Waals surface area contributed by atoms with Crippen LogP contribution in [0.5, 0.6) is 0 Å². The first kappa shape index (κ1) is 18.1. The molecule has 1 heterocycles. The maximum Gasteiger partial charge on any atom is 2.00 e. The van der Waals surface area contributed by atoms with E-state index in [0.29, 0.717) is 0 Å². The molecule has 0 saturated heterocycles. The van der Waals surface area contributed by atoms with Gasteiger partial charge in [-0.3, -0.25) is 0 Å². The summed E-state index contributed by atoms with van der Waals surface area (Å²) in [6, 6.07) is 0. The van der Waals surface area contributed by atoms with Gasteiger partial charge in [-0.05, 0) is 6.16 Å². The molecule has 0 unspecified atom stereocenters. The molecule has 0 bridgehead atoms. The van der Waals surface area contributed by atoms with Crippen molar-refractivity contribution in [3.63, 3.8) is 0 Å². The van der Waals surface area contributed by atoms with Gasteiger partial charge in [0, 0.05) is 0 Å². The van der Waals surface area contributed by atoms with Crippen LogP contribution in [-0.4, -0.2) is 74.4 Å². The van der Waals surface area contributed by atoms with Crippen molar-refractivity contribution in [1.29, 1.82) is 0 Å². The summed E-state index contributed by atoms with van der Waals surface area (Å²) in [6.07, 6.45) is -5.11. The zero-order valence-electron chi connectivity index (χ0n) is 8.40. The second kappa shape index (κ2) is 7.95. The molecule has 0 aliphatic carbocycles. The van der Waals surface area contributed by atoms with E-state index in [9.17, 15) is 4.79 Å². The number of rotatable bonds is 2. The Hall–Kier alpha value is -1.23. The van der Waals surface area contributed by atoms with Crippen molar-refractivity contribution in [2.75, 3.05) is 6.61 Å². The molecular weight excluding hydrogens is 252 g/mol. The first-order valence-electron chi connectivity index (χ1n) is 3.81. The van der Waals surface area contributed by atoms with Crippen LogP contribution in [0, 0.1) is 0 Å². The Morgan fingerprint density at radius 3 is 2.06 bits per heavy atom. The molecule has 1 rings (SSSR count). The number of carbonyl (C=O) groups is 2. The van der Waals surface area contributed by atoms with Gasteiger partial charge in [0.1, 0.15) is 6.10 Å². The van der Waals surface area contributed by atoms with Gasteiger partial charge in [0.25, 0.3) is 0 Å². The predicted molar refractivity (Wildman–Crippen MR) is 46.4 cm³/mol. The molecule has 0 fully saturated rings. The zero-order valence-corrected chi connectivity index (χ0v) is 9.81. The maximum absolute atomic E-state index is 10.5. The van der Waals surface area contributed by atoms with Crippen molar-refractivity contribution < 1.29 is 45.0 Å². The molecule has 4 N–H and O–H groups in total. The molecular formula is C7H8MgO9. The quantitative estimate of drug-likeness (QED) is 0.283. The van der Waals surface area contributed by atoms with E-state index in [1.165, 1.54) is 0 Å². The second-order valence-electron chi connectivity index (χ2n) is 2.56. The zero-order chi connectivity index (χ0) is 12.9. The third-order valence-electron chi connectivity index (χ3n) is 1.48. The van der Waals surface area contributed by atoms with Crippen LogP contribution in [0.2, 0.25) is 0 Å². The van der Waals surface area contributed by atoms with Gasteiger partial charge in [-0.25, -0.2) is 4.79 Å². The average molecular weight is 260 g/mol. The number of aliphatic hydroxyl groups excluding tert-OH is 4. The van der Waals surface area contributed by atoms with Crippen LogP contribution >= 0.6 is 0 Å². The number of ether oxygens (including phenoxy) is 1. The number of carbonyl (C=O) groups excluding carboxylic acids is 2. The monoisotopic (exact) mass is 260 g/mol. The Morgan fingerprint density at radius 2 is 1.82 bits per heavy atom. The van der Waals surface area contributed by atoms with Crippen molar-refractivity contribution in [3.8, 4) is 0 Å². The molecule has 0 aromatic carbocycles. The van der Waals surface area contributed by atoms with Gasteiger partial charge >= 0.3 is 29.0 Å². The SMILES string of the molecule is O=C([O-])[O-].O=C1O[C@H]([C@@H](O)CO)C(O)=C1O.[Mg+2]. The molecule has 0 radical (unpaired) electrons. The molecule has 0 spiro atoms. The third-order valence-corrected chi connectivity index (χ3v) is 1.48. The minimum Gasteiger partial charge on any atom is -0.652 e. The molecule has 0 aromatic heterocycles. The Morgan fingerprint density at radius 1 is 1.41 bits per heavy atom. The van der Waals surface area contributed by atoms with Crippen molar-refractivity contribution in [2.45, 2.75) is 12.2 Å². The van der Waals surface area contributed by atoms with E-state index in [1.807, 2.05) is 0 Å². The van der Waals surface area contributed by atoms with Crippen molar-refractivity contribution in [2.24, 2.45) is 0 Å². The van der Waals surface area contributed by atoms with Gasteiger partial charge in [-0.1, -0.05) is 0 Å². The van der Waals surface area contributed by atoms with Crippen LogP contribution in [-0.2, 0) is 9.53 Å². The standard InChI is InChI=1S/C6H8O6.CH2O3.Mg/c7-1-2(8)5-3(9)4(10)6(11)12-5;2-1(3)4;/h2,5,7-10H,1H2;(H2,2,3,4);/q;;+2/p-2/t2-,5+;;/m0../s1. The molecule has 92 valence electrons. The van der Waals surface area contributed by atoms with Crippen LogP contribution in [0.15, 0.2) is 11.5 Å². The van der Waals surface area contributed by atoms with Gasteiger partial charge in [0.05, 0.1) is 6.61 Å². The van der Waals surface area contributed by atoms with Gasteiger partial charge in [-0.15, -0.1) is 0 Å². The van der Waals surface area contributed by atoms with Gasteiger partial charge in [-0.2, -0.15) is 0 Å². The smallest absolute Gasteiger partial charge is 0.652 e. The minimum absolute atomic E-state index is 0. The van der Waals surface area contributed by atoms with Gasteiger partial charge in [0.2, 0.25) is 5.76 Å². The normalized spacial score (nSPS) is 19.6. The van der Waals surface area contributed by atoms with E-state index in [-0.39, 0.29) is 23.1 Å². The summed E-state index contributed by atoms with van der Waals surface area (Å²) in [5.41, 5.74) is 0. The van der Waals surface area contributed by atoms with Crippen molar-refractivity contribution in [1.82, 2.24) is 0 Å². The number of carboxylic acid groups (broad SMARTS) is 2. The Bertz CT molecular complexity index is 308. The van der Waals surface area contributed by atoms with E-state index in [2.05, 4.69) is 4.74 Å². The third kappa shape index (κ3) is 5.58. The van der Waals surface area contributed by atoms with E-state index in [4.69, 9.17) is 35.4 Å². The topological polar surface area (TPSA) is 170 Å². The van der Waals surface area contributed by atoms with Crippen molar-refractivity contribution in [3.05, 3.63) is 11.5 Å². The minimum atomic E-state index is -2.33. The molecule has 0 saturated carbocycles. The van der Waals surface area contributed by atoms with Crippen LogP contribution in [0.3, 0.4) is 0 Å². The Kier molecular flexibility index (Phi) is 8.48. The number of hydrogen-bond acceptors (Lipinski definition) is 9. The summed E-state index contributed by atoms with van der Waals surface area (Å²) < 4.78 is 4.32. The van der Waals surface area contributed by atoms with Crippen LogP contribution < -0.4 is 10.2 Å². The van der Waals surface area contributed by atoms with Crippen LogP contribution in [0.4, 0.5) is 4.79 Å². The first-order valence-corrected chi connectivity index (χ1v) is 3.81. The molecule has 0 aromatic rings. The molecule has 2 atom stereocenters. The van der Waals surface area contributed by atoms with E-state index < -0.39 is 42.5 Å². The fourth-order valence-electron chi connectivity index (χ4n) is 0.823. The van der Waals surface area contributed by atoms with Crippen molar-refractivity contribution >= 4 is 35.2 Å². The molecule has 1 aliphatic heterocycles. The summed E-state index contributed by atoms with van der Waals surface area (Å²) in [4.78, 5) is 18.9. The molecule has 9 nitrogen and oxygen atoms in total. The number of hydrogen-bond donors (Lipinski definition) is 4. The second-order valence-corrected chi connectivity index (χ2v) is 2.56. The van der Waals surface area contributed by atoms with Gasteiger partial charge < -0.3 is 40.2 Å². The summed E-state index contributed by atoms with van der Waals surface area (Å²) in [5, 5.41) is 51.7. The fourth-order valence-corrected chi connectivity index (χ4v) is 0.823. The number of esters is 1. The largest absolute Gasteiger partial charge is 2.00 e. The summed E-state index contributed by atoms with van der Waals surface area (Å²) in [5.74, 6) is -2.78. The van der Waals surface area contributed by atoms with E-state index in [1.54, 1.807) is 0 Å². The first-order chi connectivity index (χ1) is 7.31. The number of cyclic esters (lactones) is 1. The average Bonchev–Trinajstić information content (AvgIpc) is 2.44.